The number of aliphatic hydroxyl groups excluding tert-OH is 1. The Balaban J connectivity index is 2.13. The van der Waals surface area contributed by atoms with Gasteiger partial charge in [0.15, 0.2) is 0 Å². The van der Waals surface area contributed by atoms with Gasteiger partial charge in [0.05, 0.1) is 11.0 Å². The fourth-order valence-corrected chi connectivity index (χ4v) is 2.55. The summed E-state index contributed by atoms with van der Waals surface area (Å²) in [6.45, 7) is 3.10. The molecular formula is C10H13NO2S. The molecule has 2 rings (SSSR count). The summed E-state index contributed by atoms with van der Waals surface area (Å²) in [5.74, 6) is 0.0639. The fourth-order valence-electron chi connectivity index (χ4n) is 1.66. The molecule has 4 heteroatoms. The molecule has 1 aliphatic rings. The van der Waals surface area contributed by atoms with Crippen LogP contribution in [0.25, 0.3) is 0 Å². The maximum Gasteiger partial charge on any atom is 0.264 e. The lowest BCUT2D eigenvalue weighted by atomic mass is 10.3. The third-order valence-electron chi connectivity index (χ3n) is 2.51. The summed E-state index contributed by atoms with van der Waals surface area (Å²) in [7, 11) is 0. The van der Waals surface area contributed by atoms with E-state index in [-0.39, 0.29) is 12.0 Å². The van der Waals surface area contributed by atoms with Crippen LogP contribution in [0.15, 0.2) is 11.4 Å². The number of rotatable bonds is 1. The molecule has 0 bridgehead atoms. The summed E-state index contributed by atoms with van der Waals surface area (Å²) in [6.07, 6.45) is 0.370. The monoisotopic (exact) mass is 211 g/mol. The molecule has 0 saturated carbocycles. The van der Waals surface area contributed by atoms with Crippen molar-refractivity contribution in [2.24, 2.45) is 0 Å². The van der Waals surface area contributed by atoms with Crippen LogP contribution in [-0.2, 0) is 0 Å². The molecule has 1 atom stereocenters. The van der Waals surface area contributed by atoms with E-state index in [0.29, 0.717) is 19.5 Å². The average Bonchev–Trinajstić information content (AvgIpc) is 2.73. The second kappa shape index (κ2) is 3.71. The number of amides is 1. The zero-order valence-electron chi connectivity index (χ0n) is 8.06. The normalized spacial score (nSPS) is 21.6. The molecule has 0 aromatic carbocycles. The predicted octanol–water partition coefficient (Wildman–Crippen LogP) is 1.26. The van der Waals surface area contributed by atoms with Crippen molar-refractivity contribution < 1.29 is 9.90 Å². The van der Waals surface area contributed by atoms with Crippen molar-refractivity contribution in [2.45, 2.75) is 19.4 Å². The van der Waals surface area contributed by atoms with Crippen molar-refractivity contribution in [3.8, 4) is 0 Å². The van der Waals surface area contributed by atoms with Crippen LogP contribution in [0.2, 0.25) is 0 Å². The van der Waals surface area contributed by atoms with E-state index in [9.17, 15) is 9.90 Å². The second-order valence-corrected chi connectivity index (χ2v) is 4.54. The largest absolute Gasteiger partial charge is 0.391 e. The van der Waals surface area contributed by atoms with E-state index < -0.39 is 0 Å². The van der Waals surface area contributed by atoms with Gasteiger partial charge in [0.1, 0.15) is 0 Å². The zero-order valence-corrected chi connectivity index (χ0v) is 8.88. The van der Waals surface area contributed by atoms with E-state index >= 15 is 0 Å². The number of likely N-dealkylation sites (tertiary alicyclic amines) is 1. The molecule has 1 amide bonds. The van der Waals surface area contributed by atoms with Crippen LogP contribution in [0.1, 0.15) is 21.7 Å². The highest BCUT2D eigenvalue weighted by atomic mass is 32.1. The van der Waals surface area contributed by atoms with Crippen LogP contribution in [0.4, 0.5) is 0 Å². The van der Waals surface area contributed by atoms with Crippen LogP contribution >= 0.6 is 11.3 Å². The summed E-state index contributed by atoms with van der Waals surface area (Å²) in [6, 6.07) is 1.95. The lowest BCUT2D eigenvalue weighted by Gasteiger charge is -2.14. The van der Waals surface area contributed by atoms with Crippen LogP contribution in [-0.4, -0.2) is 35.1 Å². The van der Waals surface area contributed by atoms with Gasteiger partial charge in [-0.3, -0.25) is 4.79 Å². The Labute approximate surface area is 87.0 Å². The molecular weight excluding hydrogens is 198 g/mol. The second-order valence-electron chi connectivity index (χ2n) is 3.63. The molecule has 0 aliphatic carbocycles. The van der Waals surface area contributed by atoms with Gasteiger partial charge in [0.2, 0.25) is 0 Å². The number of aryl methyl sites for hydroxylation is 1. The number of thiophene rings is 1. The SMILES string of the molecule is Cc1ccsc1C(=O)N1CC[C@H](O)C1. The van der Waals surface area contributed by atoms with E-state index in [1.54, 1.807) is 4.90 Å². The number of aliphatic hydroxyl groups is 1. The van der Waals surface area contributed by atoms with Crippen LogP contribution in [0.3, 0.4) is 0 Å². The minimum atomic E-state index is -0.334. The van der Waals surface area contributed by atoms with Crippen molar-refractivity contribution >= 4 is 17.2 Å². The molecule has 1 aliphatic heterocycles. The van der Waals surface area contributed by atoms with Gasteiger partial charge in [-0.25, -0.2) is 0 Å². The van der Waals surface area contributed by atoms with Crippen molar-refractivity contribution in [1.82, 2.24) is 4.90 Å². The first-order valence-corrected chi connectivity index (χ1v) is 5.58. The highest BCUT2D eigenvalue weighted by molar-refractivity contribution is 7.12. The summed E-state index contributed by atoms with van der Waals surface area (Å²) in [5.41, 5.74) is 1.03. The minimum absolute atomic E-state index is 0.0639. The number of hydrogen-bond donors (Lipinski definition) is 1. The summed E-state index contributed by atoms with van der Waals surface area (Å²) in [5, 5.41) is 11.3. The van der Waals surface area contributed by atoms with Crippen LogP contribution < -0.4 is 0 Å². The van der Waals surface area contributed by atoms with Gasteiger partial charge in [-0.05, 0) is 30.4 Å². The molecule has 14 heavy (non-hydrogen) atoms. The molecule has 2 heterocycles. The van der Waals surface area contributed by atoms with Crippen LogP contribution in [0, 0.1) is 6.92 Å². The average molecular weight is 211 g/mol. The zero-order chi connectivity index (χ0) is 10.1. The maximum atomic E-state index is 11.9. The molecule has 0 spiro atoms. The lowest BCUT2D eigenvalue weighted by Crippen LogP contribution is -2.29. The molecule has 1 aromatic rings. The molecule has 3 nitrogen and oxygen atoms in total. The van der Waals surface area contributed by atoms with E-state index in [4.69, 9.17) is 0 Å². The van der Waals surface area contributed by atoms with Gasteiger partial charge in [0, 0.05) is 13.1 Å². The predicted molar refractivity (Wildman–Crippen MR) is 55.6 cm³/mol. The van der Waals surface area contributed by atoms with Gasteiger partial charge in [-0.2, -0.15) is 0 Å². The Kier molecular flexibility index (Phi) is 2.56. The van der Waals surface area contributed by atoms with E-state index in [0.717, 1.165) is 10.4 Å². The van der Waals surface area contributed by atoms with Gasteiger partial charge < -0.3 is 10.0 Å². The minimum Gasteiger partial charge on any atom is -0.391 e. The first-order chi connectivity index (χ1) is 6.68. The quantitative estimate of drug-likeness (QED) is 0.759. The third-order valence-corrected chi connectivity index (χ3v) is 3.51. The van der Waals surface area contributed by atoms with E-state index in [2.05, 4.69) is 0 Å². The number of hydrogen-bond acceptors (Lipinski definition) is 3. The van der Waals surface area contributed by atoms with Gasteiger partial charge in [-0.1, -0.05) is 0 Å². The Morgan fingerprint density at radius 1 is 1.71 bits per heavy atom. The van der Waals surface area contributed by atoms with Gasteiger partial charge >= 0.3 is 0 Å². The van der Waals surface area contributed by atoms with E-state index in [1.807, 2.05) is 18.4 Å². The van der Waals surface area contributed by atoms with Gasteiger partial charge in [-0.15, -0.1) is 11.3 Å². The number of carbonyl (C=O) groups excluding carboxylic acids is 1. The molecule has 0 unspecified atom stereocenters. The molecule has 1 saturated heterocycles. The summed E-state index contributed by atoms with van der Waals surface area (Å²) >= 11 is 1.47. The Bertz CT molecular complexity index is 348. The topological polar surface area (TPSA) is 40.5 Å². The standard InChI is InChI=1S/C10H13NO2S/c1-7-3-5-14-9(7)10(13)11-4-2-8(12)6-11/h3,5,8,12H,2,4,6H2,1H3/t8-/m0/s1. The fraction of sp³-hybridized carbons (Fsp3) is 0.500. The number of carbonyl (C=O) groups is 1. The molecule has 0 radical (unpaired) electrons. The van der Waals surface area contributed by atoms with Crippen molar-refractivity contribution in [3.63, 3.8) is 0 Å². The Morgan fingerprint density at radius 3 is 3.00 bits per heavy atom. The first kappa shape index (κ1) is 9.68. The summed E-state index contributed by atoms with van der Waals surface area (Å²) in [4.78, 5) is 14.4. The molecule has 1 fully saturated rings. The highest BCUT2D eigenvalue weighted by Gasteiger charge is 2.26. The van der Waals surface area contributed by atoms with Crippen LogP contribution in [0.5, 0.6) is 0 Å². The number of β-amino-alcohol motifs (C(OH)–C–C–N with tert-alkyl or cyclic N) is 1. The van der Waals surface area contributed by atoms with Crippen molar-refractivity contribution in [1.29, 1.82) is 0 Å². The summed E-state index contributed by atoms with van der Waals surface area (Å²) < 4.78 is 0. The Morgan fingerprint density at radius 2 is 2.50 bits per heavy atom. The highest BCUT2D eigenvalue weighted by Crippen LogP contribution is 2.20. The molecule has 1 aromatic heterocycles. The van der Waals surface area contributed by atoms with Gasteiger partial charge in [0.25, 0.3) is 5.91 Å². The molecule has 1 N–H and O–H groups in total. The van der Waals surface area contributed by atoms with Crippen molar-refractivity contribution in [3.05, 3.63) is 21.9 Å². The lowest BCUT2D eigenvalue weighted by molar-refractivity contribution is 0.0769. The van der Waals surface area contributed by atoms with Crippen molar-refractivity contribution in [2.75, 3.05) is 13.1 Å². The molecule has 76 valence electrons. The maximum absolute atomic E-state index is 11.9. The Hall–Kier alpha value is -0.870. The smallest absolute Gasteiger partial charge is 0.264 e. The third kappa shape index (κ3) is 1.67. The van der Waals surface area contributed by atoms with E-state index in [1.165, 1.54) is 11.3 Å². The first-order valence-electron chi connectivity index (χ1n) is 4.70. The number of nitrogens with zero attached hydrogens (tertiary/aromatic N) is 1.